The number of carbonyl (C=O) groups excluding carboxylic acids is 1. The van der Waals surface area contributed by atoms with Crippen LogP contribution in [0.5, 0.6) is 0 Å². The van der Waals surface area contributed by atoms with Crippen LogP contribution < -0.4 is 17.0 Å². The third-order valence-corrected chi connectivity index (χ3v) is 7.12. The number of ether oxygens (including phenoxy) is 1. The second-order valence-electron chi connectivity index (χ2n) is 8.63. The second kappa shape index (κ2) is 5.93. The van der Waals surface area contributed by atoms with Gasteiger partial charge in [-0.1, -0.05) is 6.92 Å². The van der Waals surface area contributed by atoms with Crippen LogP contribution in [0.1, 0.15) is 53.6 Å². The Bertz CT molecular complexity index is 1390. The number of nitrogen functional groups attached to an aromatic ring is 1. The number of hydrogen-bond donors (Lipinski definition) is 3. The highest BCUT2D eigenvalue weighted by molar-refractivity contribution is 5.95. The first kappa shape index (κ1) is 18.5. The van der Waals surface area contributed by atoms with Gasteiger partial charge in [0, 0.05) is 28.2 Å². The average Bonchev–Trinajstić information content (AvgIpc) is 3.13. The summed E-state index contributed by atoms with van der Waals surface area (Å²) in [6.07, 6.45) is 1.67. The zero-order valence-corrected chi connectivity index (χ0v) is 17.1. The predicted octanol–water partition coefficient (Wildman–Crippen LogP) is 1.61. The van der Waals surface area contributed by atoms with Gasteiger partial charge in [0.2, 0.25) is 0 Å². The van der Waals surface area contributed by atoms with Gasteiger partial charge in [0.25, 0.3) is 5.56 Å². The topological polar surface area (TPSA) is 133 Å². The minimum Gasteiger partial charge on any atom is -0.458 e. The first-order valence-corrected chi connectivity index (χ1v) is 10.5. The van der Waals surface area contributed by atoms with Gasteiger partial charge in [0.1, 0.15) is 6.61 Å². The van der Waals surface area contributed by atoms with Gasteiger partial charge in [-0.2, -0.15) is 0 Å². The highest BCUT2D eigenvalue weighted by atomic mass is 16.6. The molecule has 158 valence electrons. The summed E-state index contributed by atoms with van der Waals surface area (Å²) in [6, 6.07) is 5.29. The lowest BCUT2D eigenvalue weighted by molar-refractivity contribution is -0.172. The number of aliphatic hydroxyl groups is 1. The van der Waals surface area contributed by atoms with Crippen molar-refractivity contribution in [3.63, 3.8) is 0 Å². The molecule has 0 bridgehead atoms. The minimum atomic E-state index is -1.84. The summed E-state index contributed by atoms with van der Waals surface area (Å²) in [5.74, 6) is -0.728. The Morgan fingerprint density at radius 3 is 2.87 bits per heavy atom. The molecule has 2 aromatic heterocycles. The Labute approximate surface area is 177 Å². The van der Waals surface area contributed by atoms with E-state index in [1.54, 1.807) is 17.6 Å². The van der Waals surface area contributed by atoms with E-state index in [9.17, 15) is 14.7 Å². The van der Waals surface area contributed by atoms with Gasteiger partial charge < -0.3 is 25.9 Å². The summed E-state index contributed by atoms with van der Waals surface area (Å²) >= 11 is 0. The Morgan fingerprint density at radius 2 is 2.10 bits per heavy atom. The number of nitrogens with zero attached hydrogens (tertiary/aromatic N) is 2. The molecule has 0 fully saturated rings. The number of pyridine rings is 2. The molecule has 1 aromatic carbocycles. The molecule has 0 radical (unpaired) electrons. The SMILES string of the molecule is CC[C@@]1(O)C(=O)OCc2c1cc1n(c2=O)Cc2c-1nc1ccc(N)c3c1c2C(N)CC3. The van der Waals surface area contributed by atoms with Crippen LogP contribution in [0.2, 0.25) is 0 Å². The number of hydrogen-bond acceptors (Lipinski definition) is 7. The number of esters is 1. The molecule has 6 rings (SSSR count). The largest absolute Gasteiger partial charge is 0.458 e. The van der Waals surface area contributed by atoms with E-state index in [2.05, 4.69) is 0 Å². The molecule has 3 aliphatic rings. The van der Waals surface area contributed by atoms with Crippen molar-refractivity contribution in [2.75, 3.05) is 5.73 Å². The quantitative estimate of drug-likeness (QED) is 0.316. The maximum absolute atomic E-state index is 13.4. The fraction of sp³-hybridized carbons (Fsp3) is 0.348. The van der Waals surface area contributed by atoms with E-state index in [4.69, 9.17) is 21.2 Å². The molecule has 0 saturated heterocycles. The van der Waals surface area contributed by atoms with E-state index >= 15 is 0 Å². The molecule has 2 atom stereocenters. The van der Waals surface area contributed by atoms with Crippen LogP contribution in [-0.2, 0) is 34.7 Å². The number of aryl methyl sites for hydroxylation is 1. The molecule has 8 nitrogen and oxygen atoms in total. The fourth-order valence-corrected chi connectivity index (χ4v) is 5.42. The van der Waals surface area contributed by atoms with Crippen molar-refractivity contribution in [1.29, 1.82) is 0 Å². The summed E-state index contributed by atoms with van der Waals surface area (Å²) in [4.78, 5) is 30.6. The Balaban J connectivity index is 1.69. The number of carbonyl (C=O) groups is 1. The molecule has 0 amide bonds. The Kier molecular flexibility index (Phi) is 3.54. The smallest absolute Gasteiger partial charge is 0.343 e. The van der Waals surface area contributed by atoms with Crippen LogP contribution in [0.4, 0.5) is 5.69 Å². The lowest BCUT2D eigenvalue weighted by atomic mass is 9.83. The molecule has 31 heavy (non-hydrogen) atoms. The molecular formula is C23H22N4O4. The summed E-state index contributed by atoms with van der Waals surface area (Å²) in [6.45, 7) is 1.89. The van der Waals surface area contributed by atoms with Crippen LogP contribution in [0, 0.1) is 0 Å². The van der Waals surface area contributed by atoms with Crippen LogP contribution in [0.15, 0.2) is 23.0 Å². The zero-order chi connectivity index (χ0) is 21.7. The molecule has 8 heteroatoms. The third kappa shape index (κ3) is 2.18. The average molecular weight is 418 g/mol. The van der Waals surface area contributed by atoms with E-state index in [-0.39, 0.29) is 24.6 Å². The number of benzene rings is 1. The standard InChI is InChI=1S/C23H22N4O4/c1-2-23(30)13-7-17-20-11(8-27(17)21(28)12(13)9-31-22(23)29)18-15(25)4-3-10-14(24)5-6-16(26-20)19(10)18/h5-7,15,30H,2-4,8-9,24-25H2,1H3/t15?,23-/m0/s1. The minimum absolute atomic E-state index is 0.110. The molecule has 4 heterocycles. The highest BCUT2D eigenvalue weighted by Crippen LogP contribution is 2.45. The van der Waals surface area contributed by atoms with Crippen molar-refractivity contribution in [3.8, 4) is 11.4 Å². The van der Waals surface area contributed by atoms with Crippen LogP contribution in [0.25, 0.3) is 22.3 Å². The first-order valence-electron chi connectivity index (χ1n) is 10.5. The van der Waals surface area contributed by atoms with Crippen molar-refractivity contribution < 1.29 is 14.6 Å². The summed E-state index contributed by atoms with van der Waals surface area (Å²) in [7, 11) is 0. The number of anilines is 1. The number of nitrogens with two attached hydrogens (primary N) is 2. The predicted molar refractivity (Wildman–Crippen MR) is 114 cm³/mol. The van der Waals surface area contributed by atoms with Gasteiger partial charge >= 0.3 is 5.97 Å². The van der Waals surface area contributed by atoms with Gasteiger partial charge in [0.15, 0.2) is 5.60 Å². The van der Waals surface area contributed by atoms with E-state index in [0.29, 0.717) is 29.1 Å². The number of fused-ring (bicyclic) bond motifs is 5. The monoisotopic (exact) mass is 418 g/mol. The molecule has 0 saturated carbocycles. The van der Waals surface area contributed by atoms with Gasteiger partial charge in [0.05, 0.1) is 29.0 Å². The second-order valence-corrected chi connectivity index (χ2v) is 8.63. The van der Waals surface area contributed by atoms with E-state index in [1.165, 1.54) is 0 Å². The lowest BCUT2D eigenvalue weighted by Crippen LogP contribution is -2.44. The number of cyclic esters (lactones) is 1. The summed E-state index contributed by atoms with van der Waals surface area (Å²) in [5, 5.41) is 12.0. The first-order chi connectivity index (χ1) is 14.8. The van der Waals surface area contributed by atoms with E-state index in [1.807, 2.05) is 12.1 Å². The van der Waals surface area contributed by atoms with Crippen molar-refractivity contribution in [2.24, 2.45) is 5.73 Å². The van der Waals surface area contributed by atoms with Crippen LogP contribution in [-0.4, -0.2) is 20.6 Å². The molecule has 3 aromatic rings. The van der Waals surface area contributed by atoms with E-state index < -0.39 is 11.6 Å². The van der Waals surface area contributed by atoms with Crippen molar-refractivity contribution >= 4 is 22.6 Å². The lowest BCUT2D eigenvalue weighted by Gasteiger charge is -2.31. The molecule has 5 N–H and O–H groups in total. The summed E-state index contributed by atoms with van der Waals surface area (Å²) in [5.41, 5.74) is 17.1. The third-order valence-electron chi connectivity index (χ3n) is 7.12. The van der Waals surface area contributed by atoms with E-state index in [0.717, 1.165) is 46.1 Å². The fourth-order valence-electron chi connectivity index (χ4n) is 5.42. The van der Waals surface area contributed by atoms with Gasteiger partial charge in [-0.25, -0.2) is 9.78 Å². The highest BCUT2D eigenvalue weighted by Gasteiger charge is 2.45. The Morgan fingerprint density at radius 1 is 1.29 bits per heavy atom. The molecule has 1 aliphatic carbocycles. The molecule has 2 aliphatic heterocycles. The zero-order valence-electron chi connectivity index (χ0n) is 17.1. The van der Waals surface area contributed by atoms with Crippen molar-refractivity contribution in [2.45, 2.75) is 51.0 Å². The number of aromatic nitrogens is 2. The molecule has 0 spiro atoms. The summed E-state index contributed by atoms with van der Waals surface area (Å²) < 4.78 is 6.78. The van der Waals surface area contributed by atoms with Crippen LogP contribution >= 0.6 is 0 Å². The number of rotatable bonds is 1. The van der Waals surface area contributed by atoms with Gasteiger partial charge in [-0.3, -0.25) is 4.79 Å². The van der Waals surface area contributed by atoms with Gasteiger partial charge in [-0.05, 0) is 48.6 Å². The molecule has 1 unspecified atom stereocenters. The van der Waals surface area contributed by atoms with Crippen LogP contribution in [0.3, 0.4) is 0 Å². The van der Waals surface area contributed by atoms with Gasteiger partial charge in [-0.15, -0.1) is 0 Å². The van der Waals surface area contributed by atoms with Crippen molar-refractivity contribution in [3.05, 3.63) is 56.4 Å². The normalized spacial score (nSPS) is 23.3. The Hall–Kier alpha value is -3.23. The maximum atomic E-state index is 13.4. The maximum Gasteiger partial charge on any atom is 0.343 e. The molecular weight excluding hydrogens is 396 g/mol. The van der Waals surface area contributed by atoms with Crippen molar-refractivity contribution in [1.82, 2.24) is 9.55 Å².